The first-order valence-electron chi connectivity index (χ1n) is 7.02. The predicted octanol–water partition coefficient (Wildman–Crippen LogP) is 1.45. The summed E-state index contributed by atoms with van der Waals surface area (Å²) in [6, 6.07) is 3.71. The van der Waals surface area contributed by atoms with E-state index in [1.807, 2.05) is 32.9 Å². The van der Waals surface area contributed by atoms with Crippen molar-refractivity contribution in [1.82, 2.24) is 15.2 Å². The normalized spacial score (nSPS) is 19.9. The fraction of sp³-hybridized carbons (Fsp3) is 0.600. The Kier molecular flexibility index (Phi) is 4.60. The van der Waals surface area contributed by atoms with Crippen LogP contribution in [0.1, 0.15) is 27.2 Å². The summed E-state index contributed by atoms with van der Waals surface area (Å²) in [6.45, 7) is 8.10. The van der Waals surface area contributed by atoms with Crippen LogP contribution in [-0.2, 0) is 4.79 Å². The average molecular weight is 277 g/mol. The third-order valence-electron chi connectivity index (χ3n) is 3.06. The molecule has 1 fully saturated rings. The first-order chi connectivity index (χ1) is 9.42. The largest absolute Gasteiger partial charge is 0.489 e. The van der Waals surface area contributed by atoms with E-state index in [2.05, 4.69) is 15.2 Å². The lowest BCUT2D eigenvalue weighted by molar-refractivity contribution is -0.123. The third-order valence-corrected chi connectivity index (χ3v) is 3.06. The van der Waals surface area contributed by atoms with Gasteiger partial charge in [0.1, 0.15) is 11.9 Å². The number of hydrogen-bond acceptors (Lipinski definition) is 4. The number of likely N-dealkylation sites (tertiary alicyclic amines) is 1. The Labute approximate surface area is 120 Å². The van der Waals surface area contributed by atoms with E-state index in [4.69, 9.17) is 4.74 Å². The fourth-order valence-electron chi connectivity index (χ4n) is 2.31. The molecular formula is C15H23N3O2. The highest BCUT2D eigenvalue weighted by Crippen LogP contribution is 2.17. The van der Waals surface area contributed by atoms with Crippen molar-refractivity contribution in [1.29, 1.82) is 0 Å². The lowest BCUT2D eigenvalue weighted by Gasteiger charge is -2.23. The maximum Gasteiger partial charge on any atom is 0.234 e. The van der Waals surface area contributed by atoms with Gasteiger partial charge < -0.3 is 10.1 Å². The van der Waals surface area contributed by atoms with E-state index in [9.17, 15) is 4.79 Å². The minimum atomic E-state index is -0.177. The van der Waals surface area contributed by atoms with Crippen LogP contribution in [0.4, 0.5) is 0 Å². The van der Waals surface area contributed by atoms with Gasteiger partial charge in [0.2, 0.25) is 5.91 Å². The van der Waals surface area contributed by atoms with Gasteiger partial charge >= 0.3 is 0 Å². The monoisotopic (exact) mass is 277 g/mol. The van der Waals surface area contributed by atoms with Gasteiger partial charge in [-0.25, -0.2) is 0 Å². The molecule has 1 aliphatic rings. The Morgan fingerprint density at radius 2 is 2.15 bits per heavy atom. The average Bonchev–Trinajstić information content (AvgIpc) is 2.75. The summed E-state index contributed by atoms with van der Waals surface area (Å²) in [5, 5.41) is 2.98. The lowest BCUT2D eigenvalue weighted by atomic mass is 10.1. The molecule has 5 heteroatoms. The van der Waals surface area contributed by atoms with Gasteiger partial charge in [0.25, 0.3) is 0 Å². The molecule has 20 heavy (non-hydrogen) atoms. The maximum atomic E-state index is 11.9. The van der Waals surface area contributed by atoms with E-state index in [1.54, 1.807) is 12.4 Å². The van der Waals surface area contributed by atoms with E-state index in [1.165, 1.54) is 0 Å². The number of nitrogens with one attached hydrogen (secondary N) is 1. The summed E-state index contributed by atoms with van der Waals surface area (Å²) in [5.41, 5.74) is -0.177. The molecule has 0 bridgehead atoms. The topological polar surface area (TPSA) is 54.5 Å². The van der Waals surface area contributed by atoms with E-state index < -0.39 is 0 Å². The highest BCUT2D eigenvalue weighted by molar-refractivity contribution is 5.78. The Balaban J connectivity index is 1.77. The molecule has 1 atom stereocenters. The van der Waals surface area contributed by atoms with Crippen molar-refractivity contribution in [3.63, 3.8) is 0 Å². The molecule has 0 radical (unpaired) electrons. The molecular weight excluding hydrogens is 254 g/mol. The number of pyridine rings is 1. The van der Waals surface area contributed by atoms with Crippen LogP contribution < -0.4 is 10.1 Å². The minimum absolute atomic E-state index is 0.0714. The van der Waals surface area contributed by atoms with Crippen molar-refractivity contribution in [2.45, 2.75) is 38.8 Å². The van der Waals surface area contributed by atoms with Gasteiger partial charge in [0.15, 0.2) is 0 Å². The van der Waals surface area contributed by atoms with Gasteiger partial charge in [-0.1, -0.05) is 0 Å². The fourth-order valence-corrected chi connectivity index (χ4v) is 2.31. The Morgan fingerprint density at radius 3 is 2.80 bits per heavy atom. The van der Waals surface area contributed by atoms with E-state index >= 15 is 0 Å². The zero-order chi connectivity index (χ0) is 14.6. The first-order valence-corrected chi connectivity index (χ1v) is 7.02. The molecule has 1 aromatic heterocycles. The van der Waals surface area contributed by atoms with E-state index in [-0.39, 0.29) is 17.6 Å². The molecule has 1 aromatic rings. The second kappa shape index (κ2) is 6.22. The summed E-state index contributed by atoms with van der Waals surface area (Å²) >= 11 is 0. The predicted molar refractivity (Wildman–Crippen MR) is 77.6 cm³/mol. The Morgan fingerprint density at radius 1 is 1.45 bits per heavy atom. The van der Waals surface area contributed by atoms with Crippen LogP contribution in [0.15, 0.2) is 24.5 Å². The van der Waals surface area contributed by atoms with E-state index in [0.29, 0.717) is 6.54 Å². The van der Waals surface area contributed by atoms with Gasteiger partial charge in [-0.2, -0.15) is 0 Å². The highest BCUT2D eigenvalue weighted by atomic mass is 16.5. The molecule has 1 amide bonds. The second-order valence-corrected chi connectivity index (χ2v) is 6.24. The van der Waals surface area contributed by atoms with Crippen LogP contribution in [0, 0.1) is 0 Å². The smallest absolute Gasteiger partial charge is 0.234 e. The number of carbonyl (C=O) groups is 1. The quantitative estimate of drug-likeness (QED) is 0.905. The molecule has 1 N–H and O–H groups in total. The summed E-state index contributed by atoms with van der Waals surface area (Å²) < 4.78 is 5.87. The minimum Gasteiger partial charge on any atom is -0.489 e. The maximum absolute atomic E-state index is 11.9. The molecule has 0 unspecified atom stereocenters. The Bertz CT molecular complexity index is 442. The van der Waals surface area contributed by atoms with Crippen molar-refractivity contribution in [3.05, 3.63) is 24.5 Å². The molecule has 1 saturated heterocycles. The lowest BCUT2D eigenvalue weighted by Crippen LogP contribution is -2.45. The van der Waals surface area contributed by atoms with Crippen LogP contribution in [-0.4, -0.2) is 47.1 Å². The highest BCUT2D eigenvalue weighted by Gasteiger charge is 2.26. The Hall–Kier alpha value is -1.62. The summed E-state index contributed by atoms with van der Waals surface area (Å²) in [5.74, 6) is 0.910. The number of amides is 1. The second-order valence-electron chi connectivity index (χ2n) is 6.24. The molecule has 2 heterocycles. The number of nitrogens with zero attached hydrogens (tertiary/aromatic N) is 2. The van der Waals surface area contributed by atoms with E-state index in [0.717, 1.165) is 25.3 Å². The van der Waals surface area contributed by atoms with Crippen LogP contribution in [0.2, 0.25) is 0 Å². The summed E-state index contributed by atoms with van der Waals surface area (Å²) in [6.07, 6.45) is 4.54. The number of hydrogen-bond donors (Lipinski definition) is 1. The van der Waals surface area contributed by atoms with Gasteiger partial charge in [-0.3, -0.25) is 14.7 Å². The summed E-state index contributed by atoms with van der Waals surface area (Å²) in [4.78, 5) is 18.0. The van der Waals surface area contributed by atoms with Crippen LogP contribution in [0.3, 0.4) is 0 Å². The van der Waals surface area contributed by atoms with Crippen LogP contribution in [0.5, 0.6) is 5.75 Å². The van der Waals surface area contributed by atoms with Gasteiger partial charge in [-0.05, 0) is 39.3 Å². The van der Waals surface area contributed by atoms with Crippen LogP contribution in [0.25, 0.3) is 0 Å². The molecule has 110 valence electrons. The zero-order valence-corrected chi connectivity index (χ0v) is 12.4. The van der Waals surface area contributed by atoms with Gasteiger partial charge in [0.05, 0.1) is 6.54 Å². The SMILES string of the molecule is CC(C)(C)NC(=O)CN1CC[C@@H](Oc2ccncc2)C1. The number of aromatic nitrogens is 1. The zero-order valence-electron chi connectivity index (χ0n) is 12.4. The molecule has 2 rings (SSSR count). The number of rotatable bonds is 4. The van der Waals surface area contributed by atoms with Gasteiger partial charge in [-0.15, -0.1) is 0 Å². The standard InChI is InChI=1S/C15H23N3O2/c1-15(2,3)17-14(19)11-18-9-6-13(10-18)20-12-4-7-16-8-5-12/h4-5,7-8,13H,6,9-11H2,1-3H3,(H,17,19)/t13-/m1/s1. The molecule has 0 saturated carbocycles. The van der Waals surface area contributed by atoms with Crippen LogP contribution >= 0.6 is 0 Å². The number of ether oxygens (including phenoxy) is 1. The molecule has 0 aliphatic carbocycles. The van der Waals surface area contributed by atoms with Crippen molar-refractivity contribution in [2.24, 2.45) is 0 Å². The molecule has 0 aromatic carbocycles. The van der Waals surface area contributed by atoms with Crippen molar-refractivity contribution < 1.29 is 9.53 Å². The molecule has 0 spiro atoms. The van der Waals surface area contributed by atoms with Crippen molar-refractivity contribution in [2.75, 3.05) is 19.6 Å². The first kappa shape index (κ1) is 14.8. The molecule has 1 aliphatic heterocycles. The number of carbonyl (C=O) groups excluding carboxylic acids is 1. The summed E-state index contributed by atoms with van der Waals surface area (Å²) in [7, 11) is 0. The van der Waals surface area contributed by atoms with Gasteiger partial charge in [0, 0.05) is 31.0 Å². The third kappa shape index (κ3) is 4.81. The molecule has 5 nitrogen and oxygen atoms in total. The van der Waals surface area contributed by atoms with Crippen molar-refractivity contribution in [3.8, 4) is 5.75 Å². The van der Waals surface area contributed by atoms with Crippen molar-refractivity contribution >= 4 is 5.91 Å².